The normalized spacial score (nSPS) is 16.7. The average Bonchev–Trinajstić information content (AvgIpc) is 2.84. The summed E-state index contributed by atoms with van der Waals surface area (Å²) in [6.45, 7) is 6.29. The van der Waals surface area contributed by atoms with Gasteiger partial charge in [0.15, 0.2) is 0 Å². The van der Waals surface area contributed by atoms with E-state index >= 15 is 0 Å². The maximum atomic E-state index is 12.1. The first kappa shape index (κ1) is 22.8. The maximum absolute atomic E-state index is 12.1. The van der Waals surface area contributed by atoms with Gasteiger partial charge in [-0.3, -0.25) is 10.1 Å². The van der Waals surface area contributed by atoms with Gasteiger partial charge in [-0.25, -0.2) is 14.8 Å². The number of benzene rings is 1. The summed E-state index contributed by atoms with van der Waals surface area (Å²) in [4.78, 5) is 39.7. The van der Waals surface area contributed by atoms with Crippen LogP contribution in [0.25, 0.3) is 0 Å². The van der Waals surface area contributed by atoms with Gasteiger partial charge in [-0.05, 0) is 25.1 Å². The molecule has 4 rings (SSSR count). The average molecular weight is 476 g/mol. The van der Waals surface area contributed by atoms with Crippen molar-refractivity contribution in [2.24, 2.45) is 0 Å². The van der Waals surface area contributed by atoms with Crippen LogP contribution in [-0.2, 0) is 4.74 Å². The van der Waals surface area contributed by atoms with Gasteiger partial charge in [0.1, 0.15) is 6.33 Å². The van der Waals surface area contributed by atoms with E-state index in [4.69, 9.17) is 16.3 Å². The van der Waals surface area contributed by atoms with Crippen LogP contribution in [0.15, 0.2) is 30.6 Å². The molecule has 0 saturated carbocycles. The zero-order chi connectivity index (χ0) is 23.4. The number of rotatable bonds is 5. The molecule has 0 aliphatic carbocycles. The van der Waals surface area contributed by atoms with Crippen molar-refractivity contribution in [1.82, 2.24) is 14.9 Å². The quantitative estimate of drug-likeness (QED) is 0.476. The Hall–Kier alpha value is -3.34. The van der Waals surface area contributed by atoms with Gasteiger partial charge >= 0.3 is 11.8 Å². The SMILES string of the molecule is CCOC(=O)N1CCN(c2ncnc(N3CCN(c4cccc(Cl)c4)CC3)c2[N+](=O)[O-])CC1. The molecule has 12 heteroatoms. The number of hydrogen-bond acceptors (Lipinski definition) is 9. The summed E-state index contributed by atoms with van der Waals surface area (Å²) in [6.07, 6.45) is 1.01. The van der Waals surface area contributed by atoms with Crippen LogP contribution in [0.1, 0.15) is 6.92 Å². The number of carbonyl (C=O) groups excluding carboxylic acids is 1. The van der Waals surface area contributed by atoms with Gasteiger partial charge in [0, 0.05) is 63.1 Å². The van der Waals surface area contributed by atoms with E-state index in [0.717, 1.165) is 5.69 Å². The lowest BCUT2D eigenvalue weighted by atomic mass is 10.2. The molecule has 0 bridgehead atoms. The molecule has 1 aromatic heterocycles. The maximum Gasteiger partial charge on any atom is 0.409 e. The number of halogens is 1. The highest BCUT2D eigenvalue weighted by molar-refractivity contribution is 6.30. The molecule has 3 heterocycles. The summed E-state index contributed by atoms with van der Waals surface area (Å²) >= 11 is 6.12. The topological polar surface area (TPSA) is 108 Å². The van der Waals surface area contributed by atoms with E-state index < -0.39 is 4.92 Å². The van der Waals surface area contributed by atoms with E-state index in [1.807, 2.05) is 34.1 Å². The van der Waals surface area contributed by atoms with Crippen molar-refractivity contribution >= 4 is 40.7 Å². The van der Waals surface area contributed by atoms with Crippen molar-refractivity contribution in [2.45, 2.75) is 6.92 Å². The van der Waals surface area contributed by atoms with Crippen LogP contribution in [-0.4, -0.2) is 84.8 Å². The number of piperazine rings is 2. The summed E-state index contributed by atoms with van der Waals surface area (Å²) < 4.78 is 5.05. The van der Waals surface area contributed by atoms with Crippen LogP contribution in [0.5, 0.6) is 0 Å². The molecule has 0 N–H and O–H groups in total. The fraction of sp³-hybridized carbons (Fsp3) is 0.476. The Morgan fingerprint density at radius 3 is 2.15 bits per heavy atom. The largest absolute Gasteiger partial charge is 0.450 e. The van der Waals surface area contributed by atoms with E-state index in [0.29, 0.717) is 69.8 Å². The van der Waals surface area contributed by atoms with Gasteiger partial charge in [0.2, 0.25) is 11.6 Å². The minimum absolute atomic E-state index is 0.0988. The Morgan fingerprint density at radius 1 is 1.03 bits per heavy atom. The van der Waals surface area contributed by atoms with Gasteiger partial charge in [-0.1, -0.05) is 17.7 Å². The van der Waals surface area contributed by atoms with Crippen LogP contribution in [0.2, 0.25) is 5.02 Å². The number of nitrogens with zero attached hydrogens (tertiary/aromatic N) is 7. The predicted molar refractivity (Wildman–Crippen MR) is 125 cm³/mol. The van der Waals surface area contributed by atoms with Crippen molar-refractivity contribution in [2.75, 3.05) is 73.7 Å². The lowest BCUT2D eigenvalue weighted by Gasteiger charge is -2.37. The molecule has 33 heavy (non-hydrogen) atoms. The first-order chi connectivity index (χ1) is 16.0. The molecule has 0 spiro atoms. The smallest absolute Gasteiger partial charge is 0.409 e. The predicted octanol–water partition coefficient (Wildman–Crippen LogP) is 2.64. The Labute approximate surface area is 196 Å². The zero-order valence-electron chi connectivity index (χ0n) is 18.4. The van der Waals surface area contributed by atoms with E-state index in [1.165, 1.54) is 6.33 Å². The van der Waals surface area contributed by atoms with Crippen molar-refractivity contribution in [1.29, 1.82) is 0 Å². The van der Waals surface area contributed by atoms with Gasteiger partial charge in [-0.15, -0.1) is 0 Å². The summed E-state index contributed by atoms with van der Waals surface area (Å²) in [5.41, 5.74) is 0.929. The van der Waals surface area contributed by atoms with E-state index in [1.54, 1.807) is 11.8 Å². The molecule has 176 valence electrons. The highest BCUT2D eigenvalue weighted by Gasteiger charge is 2.33. The van der Waals surface area contributed by atoms with Crippen molar-refractivity contribution in [3.05, 3.63) is 45.7 Å². The fourth-order valence-electron chi connectivity index (χ4n) is 4.15. The van der Waals surface area contributed by atoms with Crippen molar-refractivity contribution in [3.8, 4) is 0 Å². The Balaban J connectivity index is 1.48. The summed E-state index contributed by atoms with van der Waals surface area (Å²) in [5, 5.41) is 12.7. The van der Waals surface area contributed by atoms with E-state index in [2.05, 4.69) is 14.9 Å². The second-order valence-electron chi connectivity index (χ2n) is 7.75. The lowest BCUT2D eigenvalue weighted by Crippen LogP contribution is -2.49. The molecule has 1 amide bonds. The van der Waals surface area contributed by atoms with Gasteiger partial charge in [0.05, 0.1) is 11.5 Å². The Kier molecular flexibility index (Phi) is 6.97. The molecule has 1 aromatic carbocycles. The number of nitro groups is 1. The van der Waals surface area contributed by atoms with Gasteiger partial charge in [-0.2, -0.15) is 0 Å². The second-order valence-corrected chi connectivity index (χ2v) is 8.19. The summed E-state index contributed by atoms with van der Waals surface area (Å²) in [7, 11) is 0. The number of anilines is 3. The molecule has 11 nitrogen and oxygen atoms in total. The first-order valence-electron chi connectivity index (χ1n) is 10.9. The van der Waals surface area contributed by atoms with Crippen LogP contribution in [0.3, 0.4) is 0 Å². The standard InChI is InChI=1S/C21H26ClN7O4/c1-2-33-21(30)28-12-10-27(11-13-28)20-18(29(31)32)19(23-15-24-20)26-8-6-25(7-9-26)17-5-3-4-16(22)14-17/h3-5,14-15H,2,6-13H2,1H3. The third kappa shape index (κ3) is 5.03. The summed E-state index contributed by atoms with van der Waals surface area (Å²) in [6, 6.07) is 7.66. The first-order valence-corrected chi connectivity index (χ1v) is 11.3. The van der Waals surface area contributed by atoms with Crippen LogP contribution in [0, 0.1) is 10.1 Å². The van der Waals surface area contributed by atoms with Crippen molar-refractivity contribution in [3.63, 3.8) is 0 Å². The highest BCUT2D eigenvalue weighted by Crippen LogP contribution is 2.35. The number of carbonyl (C=O) groups is 1. The molecular formula is C21H26ClN7O4. The minimum Gasteiger partial charge on any atom is -0.450 e. The lowest BCUT2D eigenvalue weighted by molar-refractivity contribution is -0.383. The third-order valence-electron chi connectivity index (χ3n) is 5.82. The monoisotopic (exact) mass is 475 g/mol. The van der Waals surface area contributed by atoms with E-state index in [-0.39, 0.29) is 17.6 Å². The van der Waals surface area contributed by atoms with Crippen LogP contribution < -0.4 is 14.7 Å². The summed E-state index contributed by atoms with van der Waals surface area (Å²) in [5.74, 6) is 0.606. The Morgan fingerprint density at radius 2 is 1.61 bits per heavy atom. The molecule has 0 unspecified atom stereocenters. The molecule has 2 fully saturated rings. The molecule has 0 radical (unpaired) electrons. The molecule has 2 aromatic rings. The molecular weight excluding hydrogens is 450 g/mol. The molecule has 2 aliphatic heterocycles. The number of amides is 1. The van der Waals surface area contributed by atoms with Crippen LogP contribution in [0.4, 0.5) is 27.8 Å². The molecule has 2 aliphatic rings. The second kappa shape index (κ2) is 10.1. The number of aromatic nitrogens is 2. The molecule has 2 saturated heterocycles. The van der Waals surface area contributed by atoms with E-state index in [9.17, 15) is 14.9 Å². The van der Waals surface area contributed by atoms with Crippen molar-refractivity contribution < 1.29 is 14.5 Å². The number of hydrogen-bond donors (Lipinski definition) is 0. The fourth-order valence-corrected chi connectivity index (χ4v) is 4.34. The highest BCUT2D eigenvalue weighted by atomic mass is 35.5. The molecule has 0 atom stereocenters. The zero-order valence-corrected chi connectivity index (χ0v) is 19.1. The minimum atomic E-state index is -0.411. The van der Waals surface area contributed by atoms with Gasteiger partial charge in [0.25, 0.3) is 0 Å². The van der Waals surface area contributed by atoms with Crippen LogP contribution >= 0.6 is 11.6 Å². The Bertz CT molecular complexity index is 1010. The van der Waals surface area contributed by atoms with Gasteiger partial charge < -0.3 is 24.3 Å². The third-order valence-corrected chi connectivity index (χ3v) is 6.06. The number of ether oxygens (including phenoxy) is 1.